The predicted molar refractivity (Wildman–Crippen MR) is 53.2 cm³/mol. The molecule has 0 amide bonds. The van der Waals surface area contributed by atoms with Crippen LogP contribution in [0.3, 0.4) is 0 Å². The lowest BCUT2D eigenvalue weighted by Crippen LogP contribution is -2.09. The molecular formula is C9H15ClN2O. The first kappa shape index (κ1) is 10.5. The summed E-state index contributed by atoms with van der Waals surface area (Å²) in [7, 11) is 0. The maximum Gasteiger partial charge on any atom is 0.0663 e. The molecule has 1 aromatic heterocycles. The van der Waals surface area contributed by atoms with Gasteiger partial charge in [-0.05, 0) is 19.9 Å². The first-order valence-electron chi connectivity index (χ1n) is 4.39. The number of hydrogen-bond acceptors (Lipinski definition) is 2. The summed E-state index contributed by atoms with van der Waals surface area (Å²) in [5, 5.41) is 4.31. The van der Waals surface area contributed by atoms with Crippen LogP contribution < -0.4 is 0 Å². The van der Waals surface area contributed by atoms with E-state index < -0.39 is 0 Å². The largest absolute Gasteiger partial charge is 0.378 e. The van der Waals surface area contributed by atoms with E-state index in [1.807, 2.05) is 18.5 Å². The van der Waals surface area contributed by atoms with Crippen LogP contribution in [0.15, 0.2) is 6.07 Å². The molecular weight excluding hydrogens is 188 g/mol. The molecule has 0 N–H and O–H groups in total. The molecule has 4 heteroatoms. The van der Waals surface area contributed by atoms with E-state index in [4.69, 9.17) is 16.3 Å². The van der Waals surface area contributed by atoms with Gasteiger partial charge in [-0.25, -0.2) is 0 Å². The summed E-state index contributed by atoms with van der Waals surface area (Å²) in [4.78, 5) is 0. The molecule has 0 bridgehead atoms. The van der Waals surface area contributed by atoms with Crippen LogP contribution in [0.4, 0.5) is 0 Å². The Hall–Kier alpha value is -0.540. The Kier molecular flexibility index (Phi) is 4.25. The SMILES string of the molecule is Cc1cc(C)n(CCOCCCl)n1. The lowest BCUT2D eigenvalue weighted by atomic mass is 10.4. The third-order valence-electron chi connectivity index (χ3n) is 1.77. The zero-order valence-electron chi connectivity index (χ0n) is 8.09. The van der Waals surface area contributed by atoms with Crippen LogP contribution in [0.5, 0.6) is 0 Å². The Morgan fingerprint density at radius 1 is 1.46 bits per heavy atom. The van der Waals surface area contributed by atoms with Crippen LogP contribution in [0.1, 0.15) is 11.4 Å². The van der Waals surface area contributed by atoms with Gasteiger partial charge in [0.05, 0.1) is 25.5 Å². The minimum absolute atomic E-state index is 0.553. The standard InChI is InChI=1S/C9H15ClN2O/c1-8-7-9(2)12(11-8)4-6-13-5-3-10/h7H,3-6H2,1-2H3. The highest BCUT2D eigenvalue weighted by atomic mass is 35.5. The maximum absolute atomic E-state index is 5.47. The summed E-state index contributed by atoms with van der Waals surface area (Å²) in [5.74, 6) is 0.553. The van der Waals surface area contributed by atoms with Gasteiger partial charge in [0.25, 0.3) is 0 Å². The molecule has 0 aromatic carbocycles. The fourth-order valence-electron chi connectivity index (χ4n) is 1.21. The Bertz CT molecular complexity index is 260. The Labute approximate surface area is 83.6 Å². The van der Waals surface area contributed by atoms with Crippen LogP contribution in [0.2, 0.25) is 0 Å². The third kappa shape index (κ3) is 3.36. The molecule has 3 nitrogen and oxygen atoms in total. The molecule has 1 aromatic rings. The fourth-order valence-corrected chi connectivity index (χ4v) is 1.32. The lowest BCUT2D eigenvalue weighted by molar-refractivity contribution is 0.137. The summed E-state index contributed by atoms with van der Waals surface area (Å²) in [6, 6.07) is 2.06. The molecule has 0 spiro atoms. The average molecular weight is 203 g/mol. The molecule has 1 heterocycles. The van der Waals surface area contributed by atoms with Gasteiger partial charge in [0.2, 0.25) is 0 Å². The van der Waals surface area contributed by atoms with Gasteiger partial charge >= 0.3 is 0 Å². The van der Waals surface area contributed by atoms with E-state index in [1.165, 1.54) is 5.69 Å². The highest BCUT2D eigenvalue weighted by molar-refractivity contribution is 6.17. The number of aryl methyl sites for hydroxylation is 2. The van der Waals surface area contributed by atoms with Gasteiger partial charge in [-0.1, -0.05) is 0 Å². The molecule has 74 valence electrons. The van der Waals surface area contributed by atoms with Gasteiger partial charge in [0.1, 0.15) is 0 Å². The van der Waals surface area contributed by atoms with Gasteiger partial charge in [0.15, 0.2) is 0 Å². The van der Waals surface area contributed by atoms with Crippen molar-refractivity contribution in [2.75, 3.05) is 19.1 Å². The number of hydrogen-bond donors (Lipinski definition) is 0. The maximum atomic E-state index is 5.47. The zero-order valence-corrected chi connectivity index (χ0v) is 8.84. The first-order valence-corrected chi connectivity index (χ1v) is 4.92. The smallest absolute Gasteiger partial charge is 0.0663 e. The van der Waals surface area contributed by atoms with Crippen molar-refractivity contribution in [3.63, 3.8) is 0 Å². The molecule has 0 fully saturated rings. The molecule has 0 atom stereocenters. The van der Waals surface area contributed by atoms with E-state index >= 15 is 0 Å². The quantitative estimate of drug-likeness (QED) is 0.538. The lowest BCUT2D eigenvalue weighted by Gasteiger charge is -2.04. The molecule has 1 rings (SSSR count). The highest BCUT2D eigenvalue weighted by Crippen LogP contribution is 2.00. The second-order valence-corrected chi connectivity index (χ2v) is 3.33. The second kappa shape index (κ2) is 5.25. The molecule has 0 unspecified atom stereocenters. The van der Waals surface area contributed by atoms with Crippen molar-refractivity contribution in [2.24, 2.45) is 0 Å². The van der Waals surface area contributed by atoms with Crippen LogP contribution in [-0.4, -0.2) is 28.9 Å². The van der Waals surface area contributed by atoms with Gasteiger partial charge < -0.3 is 4.74 Å². The number of ether oxygens (including phenoxy) is 1. The van der Waals surface area contributed by atoms with Crippen LogP contribution in [-0.2, 0) is 11.3 Å². The van der Waals surface area contributed by atoms with E-state index in [1.54, 1.807) is 0 Å². The van der Waals surface area contributed by atoms with Gasteiger partial charge in [0, 0.05) is 11.6 Å². The number of halogens is 1. The highest BCUT2D eigenvalue weighted by Gasteiger charge is 1.99. The van der Waals surface area contributed by atoms with Crippen molar-refractivity contribution >= 4 is 11.6 Å². The fraction of sp³-hybridized carbons (Fsp3) is 0.667. The molecule has 0 radical (unpaired) electrons. The molecule has 13 heavy (non-hydrogen) atoms. The van der Waals surface area contributed by atoms with E-state index in [0.717, 1.165) is 12.2 Å². The van der Waals surface area contributed by atoms with E-state index in [0.29, 0.717) is 19.1 Å². The summed E-state index contributed by atoms with van der Waals surface area (Å²) < 4.78 is 7.21. The average Bonchev–Trinajstić information content (AvgIpc) is 2.39. The van der Waals surface area contributed by atoms with E-state index in [9.17, 15) is 0 Å². The topological polar surface area (TPSA) is 27.1 Å². The molecule has 0 saturated heterocycles. The van der Waals surface area contributed by atoms with Crippen molar-refractivity contribution in [3.8, 4) is 0 Å². The first-order chi connectivity index (χ1) is 6.24. The predicted octanol–water partition coefficient (Wildman–Crippen LogP) is 1.76. The van der Waals surface area contributed by atoms with Crippen molar-refractivity contribution < 1.29 is 4.74 Å². The van der Waals surface area contributed by atoms with Gasteiger partial charge in [-0.3, -0.25) is 4.68 Å². The second-order valence-electron chi connectivity index (χ2n) is 2.95. The third-order valence-corrected chi connectivity index (χ3v) is 1.93. The minimum Gasteiger partial charge on any atom is -0.378 e. The van der Waals surface area contributed by atoms with Crippen LogP contribution in [0.25, 0.3) is 0 Å². The summed E-state index contributed by atoms with van der Waals surface area (Å²) >= 11 is 5.47. The Morgan fingerprint density at radius 3 is 2.77 bits per heavy atom. The molecule has 0 aliphatic carbocycles. The van der Waals surface area contributed by atoms with Crippen LogP contribution >= 0.6 is 11.6 Å². The summed E-state index contributed by atoms with van der Waals surface area (Å²) in [5.41, 5.74) is 2.22. The molecule has 0 aliphatic rings. The summed E-state index contributed by atoms with van der Waals surface area (Å²) in [6.07, 6.45) is 0. The molecule has 0 aliphatic heterocycles. The Balaban J connectivity index is 2.32. The number of alkyl halides is 1. The number of aromatic nitrogens is 2. The van der Waals surface area contributed by atoms with Crippen molar-refractivity contribution in [1.29, 1.82) is 0 Å². The number of rotatable bonds is 5. The van der Waals surface area contributed by atoms with Crippen molar-refractivity contribution in [3.05, 3.63) is 17.5 Å². The monoisotopic (exact) mass is 202 g/mol. The Morgan fingerprint density at radius 2 is 2.23 bits per heavy atom. The van der Waals surface area contributed by atoms with Crippen molar-refractivity contribution in [2.45, 2.75) is 20.4 Å². The van der Waals surface area contributed by atoms with Crippen molar-refractivity contribution in [1.82, 2.24) is 9.78 Å². The normalized spacial score (nSPS) is 10.7. The van der Waals surface area contributed by atoms with Gasteiger partial charge in [-0.15, -0.1) is 11.6 Å². The van der Waals surface area contributed by atoms with Crippen LogP contribution in [0, 0.1) is 13.8 Å². The number of nitrogens with zero attached hydrogens (tertiary/aromatic N) is 2. The van der Waals surface area contributed by atoms with Gasteiger partial charge in [-0.2, -0.15) is 5.10 Å². The van der Waals surface area contributed by atoms with E-state index in [-0.39, 0.29) is 0 Å². The molecule has 0 saturated carbocycles. The van der Waals surface area contributed by atoms with E-state index in [2.05, 4.69) is 11.2 Å². The summed E-state index contributed by atoms with van der Waals surface area (Å²) in [6.45, 7) is 6.12. The zero-order chi connectivity index (χ0) is 9.68. The minimum atomic E-state index is 0.553.